The number of amides is 2. The first-order chi connectivity index (χ1) is 17.6. The molecule has 2 heterocycles. The van der Waals surface area contributed by atoms with E-state index in [-0.39, 0.29) is 23.8 Å². The highest BCUT2D eigenvalue weighted by molar-refractivity contribution is 6.02. The van der Waals surface area contributed by atoms with Crippen LogP contribution < -0.4 is 25.2 Å². The molecule has 3 fully saturated rings. The number of piperazine rings is 1. The van der Waals surface area contributed by atoms with Crippen molar-refractivity contribution in [2.24, 2.45) is 5.92 Å². The molecule has 2 aliphatic heterocycles. The van der Waals surface area contributed by atoms with Crippen LogP contribution in [0.5, 0.6) is 5.75 Å². The molecule has 0 radical (unpaired) electrons. The van der Waals surface area contributed by atoms with Gasteiger partial charge in [0.2, 0.25) is 5.91 Å². The van der Waals surface area contributed by atoms with Gasteiger partial charge in [-0.3, -0.25) is 9.59 Å². The summed E-state index contributed by atoms with van der Waals surface area (Å²) >= 11 is 0. The molecule has 8 heteroatoms. The number of carbonyl (C=O) groups is 2. The first kappa shape index (κ1) is 24.4. The number of hydrogen-bond acceptors (Lipinski definition) is 6. The van der Waals surface area contributed by atoms with E-state index in [1.807, 2.05) is 36.4 Å². The molecule has 2 aromatic rings. The van der Waals surface area contributed by atoms with E-state index in [0.717, 1.165) is 82.0 Å². The third-order valence-electron chi connectivity index (χ3n) is 7.55. The summed E-state index contributed by atoms with van der Waals surface area (Å²) in [5.74, 6) is 0.869. The smallest absolute Gasteiger partial charge is 0.253 e. The van der Waals surface area contributed by atoms with Crippen LogP contribution in [-0.2, 0) is 9.53 Å². The number of anilines is 3. The molecule has 36 heavy (non-hydrogen) atoms. The van der Waals surface area contributed by atoms with Crippen LogP contribution in [0, 0.1) is 5.92 Å². The minimum atomic E-state index is -0.132. The Morgan fingerprint density at radius 3 is 2.39 bits per heavy atom. The number of carbonyl (C=O) groups excluding carboxylic acids is 2. The summed E-state index contributed by atoms with van der Waals surface area (Å²) in [7, 11) is 1.70. The zero-order chi connectivity index (χ0) is 24.9. The standard InChI is InChI=1S/C28H36N4O4/c1-35-26-10-3-2-9-25(26)32-15-13-31(14-16-32)24-12-11-21(30-27(33)20-6-4-7-20)18-23(24)28(34)29-19-22-8-5-17-36-22/h2-3,9-12,18,20,22H,4-8,13-17,19H2,1H3,(H,29,34)(H,30,33). The van der Waals surface area contributed by atoms with Crippen molar-refractivity contribution in [2.45, 2.75) is 38.2 Å². The van der Waals surface area contributed by atoms with E-state index in [2.05, 4.69) is 26.5 Å². The molecule has 2 amide bonds. The molecular formula is C28H36N4O4. The monoisotopic (exact) mass is 492 g/mol. The number of methoxy groups -OCH3 is 1. The quantitative estimate of drug-likeness (QED) is 0.585. The second kappa shape index (κ2) is 11.2. The summed E-state index contributed by atoms with van der Waals surface area (Å²) in [6, 6.07) is 13.8. The third kappa shape index (κ3) is 5.43. The van der Waals surface area contributed by atoms with E-state index in [1.54, 1.807) is 7.11 Å². The van der Waals surface area contributed by atoms with Gasteiger partial charge in [-0.1, -0.05) is 18.6 Å². The maximum absolute atomic E-state index is 13.3. The van der Waals surface area contributed by atoms with Gasteiger partial charge in [-0.25, -0.2) is 0 Å². The molecule has 1 aliphatic carbocycles. The highest BCUT2D eigenvalue weighted by Crippen LogP contribution is 2.32. The normalized spacial score (nSPS) is 20.1. The summed E-state index contributed by atoms with van der Waals surface area (Å²) in [6.45, 7) is 4.44. The minimum absolute atomic E-state index is 0.0464. The SMILES string of the molecule is COc1ccccc1N1CCN(c2ccc(NC(=O)C3CCC3)cc2C(=O)NCC2CCCO2)CC1. The number of ether oxygens (including phenoxy) is 2. The van der Waals surface area contributed by atoms with Crippen molar-refractivity contribution in [1.29, 1.82) is 0 Å². The van der Waals surface area contributed by atoms with E-state index in [9.17, 15) is 9.59 Å². The van der Waals surface area contributed by atoms with Gasteiger partial charge in [-0.15, -0.1) is 0 Å². The van der Waals surface area contributed by atoms with Crippen LogP contribution in [-0.4, -0.2) is 64.4 Å². The van der Waals surface area contributed by atoms with E-state index in [0.29, 0.717) is 17.8 Å². The van der Waals surface area contributed by atoms with Gasteiger partial charge in [0.05, 0.1) is 24.5 Å². The number of benzene rings is 2. The van der Waals surface area contributed by atoms with Gasteiger partial charge in [0.15, 0.2) is 0 Å². The van der Waals surface area contributed by atoms with Crippen LogP contribution in [0.15, 0.2) is 42.5 Å². The number of nitrogens with zero attached hydrogens (tertiary/aromatic N) is 2. The highest BCUT2D eigenvalue weighted by Gasteiger charge is 2.27. The van der Waals surface area contributed by atoms with Crippen molar-refractivity contribution < 1.29 is 19.1 Å². The summed E-state index contributed by atoms with van der Waals surface area (Å²) < 4.78 is 11.2. The summed E-state index contributed by atoms with van der Waals surface area (Å²) in [5, 5.41) is 6.09. The fourth-order valence-electron chi connectivity index (χ4n) is 5.17. The zero-order valence-electron chi connectivity index (χ0n) is 21.0. The Balaban J connectivity index is 1.31. The maximum Gasteiger partial charge on any atom is 0.253 e. The zero-order valence-corrected chi connectivity index (χ0v) is 21.0. The van der Waals surface area contributed by atoms with Gasteiger partial charge in [0.1, 0.15) is 5.75 Å². The van der Waals surface area contributed by atoms with Crippen LogP contribution in [0.3, 0.4) is 0 Å². The van der Waals surface area contributed by atoms with E-state index >= 15 is 0 Å². The highest BCUT2D eigenvalue weighted by atomic mass is 16.5. The predicted molar refractivity (Wildman–Crippen MR) is 141 cm³/mol. The molecule has 0 spiro atoms. The largest absolute Gasteiger partial charge is 0.495 e. The Bertz CT molecular complexity index is 1070. The Hall–Kier alpha value is -3.26. The van der Waals surface area contributed by atoms with Crippen molar-refractivity contribution in [3.05, 3.63) is 48.0 Å². The lowest BCUT2D eigenvalue weighted by Gasteiger charge is -2.38. The van der Waals surface area contributed by atoms with Gasteiger partial charge >= 0.3 is 0 Å². The molecule has 3 aliphatic rings. The first-order valence-electron chi connectivity index (χ1n) is 13.1. The molecule has 2 saturated heterocycles. The molecule has 192 valence electrons. The lowest BCUT2D eigenvalue weighted by atomic mass is 9.85. The molecule has 0 aromatic heterocycles. The molecule has 8 nitrogen and oxygen atoms in total. The van der Waals surface area contributed by atoms with Gasteiger partial charge in [-0.05, 0) is 56.0 Å². The lowest BCUT2D eigenvalue weighted by molar-refractivity contribution is -0.122. The molecule has 2 N–H and O–H groups in total. The van der Waals surface area contributed by atoms with Crippen molar-refractivity contribution in [1.82, 2.24) is 5.32 Å². The second-order valence-corrected chi connectivity index (χ2v) is 9.84. The van der Waals surface area contributed by atoms with Gasteiger partial charge in [0, 0.05) is 56.6 Å². The molecule has 0 bridgehead atoms. The van der Waals surface area contributed by atoms with Crippen molar-refractivity contribution >= 4 is 28.9 Å². The van der Waals surface area contributed by atoms with Crippen molar-refractivity contribution in [3.63, 3.8) is 0 Å². The van der Waals surface area contributed by atoms with Gasteiger partial charge < -0.3 is 29.9 Å². The second-order valence-electron chi connectivity index (χ2n) is 9.84. The van der Waals surface area contributed by atoms with Gasteiger partial charge in [0.25, 0.3) is 5.91 Å². The average molecular weight is 493 g/mol. The van der Waals surface area contributed by atoms with E-state index in [4.69, 9.17) is 9.47 Å². The fourth-order valence-corrected chi connectivity index (χ4v) is 5.17. The molecular weight excluding hydrogens is 456 g/mol. The van der Waals surface area contributed by atoms with Crippen LogP contribution in [0.25, 0.3) is 0 Å². The van der Waals surface area contributed by atoms with Gasteiger partial charge in [-0.2, -0.15) is 0 Å². The van der Waals surface area contributed by atoms with E-state index < -0.39 is 0 Å². The summed E-state index contributed by atoms with van der Waals surface area (Å²) in [6.07, 6.45) is 5.06. The topological polar surface area (TPSA) is 83.1 Å². The maximum atomic E-state index is 13.3. The van der Waals surface area contributed by atoms with E-state index in [1.165, 1.54) is 0 Å². The minimum Gasteiger partial charge on any atom is -0.495 e. The molecule has 1 unspecified atom stereocenters. The number of nitrogens with one attached hydrogen (secondary N) is 2. The number of para-hydroxylation sites is 2. The Labute approximate surface area is 212 Å². The van der Waals surface area contributed by atoms with Crippen LogP contribution >= 0.6 is 0 Å². The van der Waals surface area contributed by atoms with Crippen LogP contribution in [0.4, 0.5) is 17.1 Å². The Kier molecular flexibility index (Phi) is 7.60. The first-order valence-corrected chi connectivity index (χ1v) is 13.1. The van der Waals surface area contributed by atoms with Crippen LogP contribution in [0.1, 0.15) is 42.5 Å². The predicted octanol–water partition coefficient (Wildman–Crippen LogP) is 3.67. The van der Waals surface area contributed by atoms with Crippen molar-refractivity contribution in [2.75, 3.05) is 61.6 Å². The molecule has 1 saturated carbocycles. The number of hydrogen-bond donors (Lipinski definition) is 2. The fraction of sp³-hybridized carbons (Fsp3) is 0.500. The van der Waals surface area contributed by atoms with Crippen LogP contribution in [0.2, 0.25) is 0 Å². The molecule has 2 aromatic carbocycles. The summed E-state index contributed by atoms with van der Waals surface area (Å²) in [5.41, 5.74) is 3.24. The Morgan fingerprint density at radius 1 is 0.972 bits per heavy atom. The lowest BCUT2D eigenvalue weighted by Crippen LogP contribution is -2.47. The average Bonchev–Trinajstić information content (AvgIpc) is 3.40. The molecule has 5 rings (SSSR count). The third-order valence-corrected chi connectivity index (χ3v) is 7.55. The Morgan fingerprint density at radius 2 is 1.72 bits per heavy atom. The van der Waals surface area contributed by atoms with Crippen molar-refractivity contribution in [3.8, 4) is 5.75 Å². The summed E-state index contributed by atoms with van der Waals surface area (Å²) in [4.78, 5) is 30.4. The molecule has 1 atom stereocenters. The number of rotatable bonds is 8.